The topological polar surface area (TPSA) is 92.7 Å². The van der Waals surface area contributed by atoms with Crippen LogP contribution in [0.25, 0.3) is 0 Å². The van der Waals surface area contributed by atoms with Crippen LogP contribution in [0.4, 0.5) is 4.39 Å². The average molecular weight is 317 g/mol. The van der Waals surface area contributed by atoms with Crippen molar-refractivity contribution >= 4 is 16.0 Å². The Morgan fingerprint density at radius 2 is 2.14 bits per heavy atom. The van der Waals surface area contributed by atoms with Gasteiger partial charge in [0.1, 0.15) is 4.90 Å². The molecule has 0 radical (unpaired) electrons. The maximum Gasteiger partial charge on any atom is 0.338 e. The zero-order valence-corrected chi connectivity index (χ0v) is 12.0. The molecule has 0 bridgehead atoms. The minimum absolute atomic E-state index is 0.00950. The number of carboxylic acids is 1. The SMILES string of the molecule is O=C(O)c1cccc(S(=O)(=O)NCCOC2CCC2)c1F. The third-order valence-corrected chi connectivity index (χ3v) is 4.76. The maximum atomic E-state index is 13.9. The van der Waals surface area contributed by atoms with Crippen LogP contribution < -0.4 is 4.72 Å². The number of ether oxygens (including phenoxy) is 1. The molecule has 0 aromatic heterocycles. The Morgan fingerprint density at radius 3 is 2.71 bits per heavy atom. The standard InChI is InChI=1S/C13H16FNO5S/c14-12-10(13(16)17)5-2-6-11(12)21(18,19)15-7-8-20-9-3-1-4-9/h2,5-6,9,15H,1,3-4,7-8H2,(H,16,17). The van der Waals surface area contributed by atoms with Gasteiger partial charge in [0.2, 0.25) is 10.0 Å². The van der Waals surface area contributed by atoms with E-state index in [9.17, 15) is 17.6 Å². The van der Waals surface area contributed by atoms with Crippen LogP contribution in [0.1, 0.15) is 29.6 Å². The van der Waals surface area contributed by atoms with E-state index in [0.717, 1.165) is 31.4 Å². The lowest BCUT2D eigenvalue weighted by molar-refractivity contribution is 0.00577. The molecule has 2 rings (SSSR count). The molecule has 0 atom stereocenters. The summed E-state index contributed by atoms with van der Waals surface area (Å²) >= 11 is 0. The van der Waals surface area contributed by atoms with E-state index in [2.05, 4.69) is 4.72 Å². The van der Waals surface area contributed by atoms with E-state index in [1.54, 1.807) is 0 Å². The highest BCUT2D eigenvalue weighted by molar-refractivity contribution is 7.89. The molecule has 1 fully saturated rings. The average Bonchev–Trinajstić information content (AvgIpc) is 2.35. The molecule has 0 unspecified atom stereocenters. The number of benzene rings is 1. The number of rotatable bonds is 7. The first-order valence-electron chi connectivity index (χ1n) is 6.55. The molecule has 0 aliphatic heterocycles. The van der Waals surface area contributed by atoms with Crippen LogP contribution >= 0.6 is 0 Å². The fourth-order valence-electron chi connectivity index (χ4n) is 1.90. The van der Waals surface area contributed by atoms with Crippen LogP contribution in [0.15, 0.2) is 23.1 Å². The van der Waals surface area contributed by atoms with Crippen molar-refractivity contribution in [3.63, 3.8) is 0 Å². The first-order valence-corrected chi connectivity index (χ1v) is 8.03. The molecule has 1 saturated carbocycles. The molecule has 1 aromatic carbocycles. The van der Waals surface area contributed by atoms with Crippen LogP contribution in [-0.4, -0.2) is 38.7 Å². The Balaban J connectivity index is 2.01. The lowest BCUT2D eigenvalue weighted by Gasteiger charge is -2.25. The van der Waals surface area contributed by atoms with Gasteiger partial charge >= 0.3 is 5.97 Å². The van der Waals surface area contributed by atoms with E-state index in [1.165, 1.54) is 6.07 Å². The number of sulfonamides is 1. The first-order chi connectivity index (χ1) is 9.92. The molecule has 21 heavy (non-hydrogen) atoms. The monoisotopic (exact) mass is 317 g/mol. The largest absolute Gasteiger partial charge is 0.478 e. The normalized spacial score (nSPS) is 15.7. The Morgan fingerprint density at radius 1 is 1.43 bits per heavy atom. The van der Waals surface area contributed by atoms with Crippen molar-refractivity contribution in [1.82, 2.24) is 4.72 Å². The van der Waals surface area contributed by atoms with Gasteiger partial charge in [-0.25, -0.2) is 22.3 Å². The second kappa shape index (κ2) is 6.50. The summed E-state index contributed by atoms with van der Waals surface area (Å²) in [6.07, 6.45) is 3.25. The van der Waals surface area contributed by atoms with Gasteiger partial charge in [-0.15, -0.1) is 0 Å². The lowest BCUT2D eigenvalue weighted by Crippen LogP contribution is -2.31. The van der Waals surface area contributed by atoms with Crippen molar-refractivity contribution < 1.29 is 27.4 Å². The predicted molar refractivity (Wildman–Crippen MR) is 72.1 cm³/mol. The number of carboxylic acid groups (broad SMARTS) is 1. The summed E-state index contributed by atoms with van der Waals surface area (Å²) in [4.78, 5) is 10.1. The fourth-order valence-corrected chi connectivity index (χ4v) is 3.01. The number of halogens is 1. The Kier molecular flexibility index (Phi) is 4.92. The summed E-state index contributed by atoms with van der Waals surface area (Å²) < 4.78 is 45.4. The third-order valence-electron chi connectivity index (χ3n) is 3.28. The van der Waals surface area contributed by atoms with Gasteiger partial charge in [0.25, 0.3) is 0 Å². The van der Waals surface area contributed by atoms with Crippen molar-refractivity contribution in [3.8, 4) is 0 Å². The highest BCUT2D eigenvalue weighted by atomic mass is 32.2. The number of hydrogen-bond acceptors (Lipinski definition) is 4. The summed E-state index contributed by atoms with van der Waals surface area (Å²) in [6, 6.07) is 3.22. The van der Waals surface area contributed by atoms with Crippen LogP contribution in [-0.2, 0) is 14.8 Å². The van der Waals surface area contributed by atoms with E-state index in [0.29, 0.717) is 0 Å². The summed E-state index contributed by atoms with van der Waals surface area (Å²) in [7, 11) is -4.10. The molecule has 0 heterocycles. The fraction of sp³-hybridized carbons (Fsp3) is 0.462. The quantitative estimate of drug-likeness (QED) is 0.741. The summed E-state index contributed by atoms with van der Waals surface area (Å²) in [5.41, 5.74) is -0.677. The van der Waals surface area contributed by atoms with Gasteiger partial charge in [0.15, 0.2) is 5.82 Å². The molecule has 116 valence electrons. The Hall–Kier alpha value is -1.51. The molecule has 1 aromatic rings. The van der Waals surface area contributed by atoms with Crippen LogP contribution in [0.2, 0.25) is 0 Å². The first kappa shape index (κ1) is 15.9. The van der Waals surface area contributed by atoms with Crippen LogP contribution in [0, 0.1) is 5.82 Å². The van der Waals surface area contributed by atoms with Crippen molar-refractivity contribution in [2.75, 3.05) is 13.2 Å². The molecule has 6 nitrogen and oxygen atoms in total. The van der Waals surface area contributed by atoms with Gasteiger partial charge in [-0.1, -0.05) is 6.07 Å². The van der Waals surface area contributed by atoms with E-state index in [4.69, 9.17) is 9.84 Å². The van der Waals surface area contributed by atoms with Crippen molar-refractivity contribution in [1.29, 1.82) is 0 Å². The molecular weight excluding hydrogens is 301 g/mol. The second-order valence-corrected chi connectivity index (χ2v) is 6.48. The summed E-state index contributed by atoms with van der Waals surface area (Å²) in [5.74, 6) is -2.78. The molecule has 2 N–H and O–H groups in total. The maximum absolute atomic E-state index is 13.9. The summed E-state index contributed by atoms with van der Waals surface area (Å²) in [5, 5.41) is 8.79. The van der Waals surface area contributed by atoms with E-state index in [-0.39, 0.29) is 19.3 Å². The van der Waals surface area contributed by atoms with Gasteiger partial charge in [-0.2, -0.15) is 0 Å². The molecule has 1 aliphatic rings. The van der Waals surface area contributed by atoms with Crippen LogP contribution in [0.3, 0.4) is 0 Å². The second-order valence-electron chi connectivity index (χ2n) is 4.74. The molecule has 0 spiro atoms. The van der Waals surface area contributed by atoms with Crippen molar-refractivity contribution in [3.05, 3.63) is 29.6 Å². The number of hydrogen-bond donors (Lipinski definition) is 2. The molecule has 1 aliphatic carbocycles. The van der Waals surface area contributed by atoms with Crippen LogP contribution in [0.5, 0.6) is 0 Å². The minimum atomic E-state index is -4.10. The predicted octanol–water partition coefficient (Wildman–Crippen LogP) is 1.37. The smallest absolute Gasteiger partial charge is 0.338 e. The van der Waals surface area contributed by atoms with E-state index in [1.807, 2.05) is 0 Å². The van der Waals surface area contributed by atoms with Gasteiger partial charge in [0.05, 0.1) is 18.3 Å². The number of carbonyl (C=O) groups is 1. The molecule has 0 amide bonds. The highest BCUT2D eigenvalue weighted by Crippen LogP contribution is 2.21. The highest BCUT2D eigenvalue weighted by Gasteiger charge is 2.23. The van der Waals surface area contributed by atoms with Crippen molar-refractivity contribution in [2.45, 2.75) is 30.3 Å². The Labute approximate surface area is 122 Å². The van der Waals surface area contributed by atoms with Gasteiger partial charge in [0, 0.05) is 6.54 Å². The van der Waals surface area contributed by atoms with Gasteiger partial charge < -0.3 is 9.84 Å². The lowest BCUT2D eigenvalue weighted by atomic mass is 9.96. The van der Waals surface area contributed by atoms with Gasteiger partial charge in [-0.05, 0) is 31.4 Å². The molecule has 0 saturated heterocycles. The molecular formula is C13H16FNO5S. The zero-order valence-electron chi connectivity index (χ0n) is 11.2. The van der Waals surface area contributed by atoms with Gasteiger partial charge in [-0.3, -0.25) is 0 Å². The third kappa shape index (κ3) is 3.78. The van der Waals surface area contributed by atoms with E-state index >= 15 is 0 Å². The van der Waals surface area contributed by atoms with Crippen molar-refractivity contribution in [2.24, 2.45) is 0 Å². The summed E-state index contributed by atoms with van der Waals surface area (Å²) in [6.45, 7) is 0.208. The van der Waals surface area contributed by atoms with E-state index < -0.39 is 32.3 Å². The minimum Gasteiger partial charge on any atom is -0.478 e. The zero-order chi connectivity index (χ0) is 15.5. The number of aromatic carboxylic acids is 1. The Bertz CT molecular complexity index is 627. The molecule has 8 heteroatoms. The number of nitrogens with one attached hydrogen (secondary N) is 1.